The van der Waals surface area contributed by atoms with E-state index in [0.717, 1.165) is 4.57 Å². The molecule has 102 valence electrons. The number of rotatable bonds is 4. The molecule has 0 fully saturated rings. The number of aromatic nitrogens is 4. The monoisotopic (exact) mass is 270 g/mol. The third kappa shape index (κ3) is 2.33. The van der Waals surface area contributed by atoms with Crippen LogP contribution < -0.4 is 0 Å². The van der Waals surface area contributed by atoms with E-state index in [4.69, 9.17) is 5.11 Å². The quantitative estimate of drug-likeness (QED) is 0.920. The molecule has 6 nitrogen and oxygen atoms in total. The van der Waals surface area contributed by atoms with Gasteiger partial charge in [-0.05, 0) is 13.8 Å². The van der Waals surface area contributed by atoms with E-state index in [-0.39, 0.29) is 17.9 Å². The van der Waals surface area contributed by atoms with Crippen molar-refractivity contribution in [1.82, 2.24) is 19.3 Å². The lowest BCUT2D eigenvalue weighted by Crippen LogP contribution is -2.11. The molecule has 0 saturated heterocycles. The molecule has 0 saturated carbocycles. The topological polar surface area (TPSA) is 72.9 Å². The summed E-state index contributed by atoms with van der Waals surface area (Å²) in [6.07, 6.45) is 2.44. The van der Waals surface area contributed by atoms with Crippen molar-refractivity contribution in [3.63, 3.8) is 0 Å². The fraction of sp³-hybridized carbons (Fsp3) is 0.364. The molecular weight excluding hydrogens is 258 g/mol. The van der Waals surface area contributed by atoms with Crippen LogP contribution in [0.1, 0.15) is 34.1 Å². The molecule has 2 rings (SSSR count). The highest BCUT2D eigenvalue weighted by Gasteiger charge is 2.19. The lowest BCUT2D eigenvalue weighted by molar-refractivity contribution is 0.0662. The molecule has 0 aliphatic carbocycles. The van der Waals surface area contributed by atoms with Crippen molar-refractivity contribution in [2.45, 2.75) is 26.9 Å². The number of alkyl halides is 2. The number of aryl methyl sites for hydroxylation is 1. The number of hydrogen-bond acceptors (Lipinski definition) is 3. The fourth-order valence-electron chi connectivity index (χ4n) is 1.94. The van der Waals surface area contributed by atoms with Crippen molar-refractivity contribution in [1.29, 1.82) is 0 Å². The SMILES string of the molecule is Cc1nn(Cc2nccn2C(F)F)c(C)c1C(=O)O. The van der Waals surface area contributed by atoms with Gasteiger partial charge in [0.1, 0.15) is 11.4 Å². The number of carbonyl (C=O) groups is 1. The molecule has 2 aromatic rings. The van der Waals surface area contributed by atoms with Crippen LogP contribution in [0, 0.1) is 13.8 Å². The number of carboxylic acids is 1. The van der Waals surface area contributed by atoms with E-state index in [9.17, 15) is 13.6 Å². The first-order valence-electron chi connectivity index (χ1n) is 5.49. The van der Waals surface area contributed by atoms with Crippen LogP contribution >= 0.6 is 0 Å². The molecule has 2 aromatic heterocycles. The van der Waals surface area contributed by atoms with Gasteiger partial charge in [0, 0.05) is 12.4 Å². The lowest BCUT2D eigenvalue weighted by Gasteiger charge is -2.07. The standard InChI is InChI=1S/C11H12F2N4O2/c1-6-9(10(18)19)7(2)17(15-6)5-8-14-3-4-16(8)11(12)13/h3-4,11H,5H2,1-2H3,(H,18,19). The third-order valence-electron chi connectivity index (χ3n) is 2.85. The molecule has 0 aromatic carbocycles. The molecule has 19 heavy (non-hydrogen) atoms. The summed E-state index contributed by atoms with van der Waals surface area (Å²) in [5.74, 6) is -0.962. The number of halogens is 2. The lowest BCUT2D eigenvalue weighted by atomic mass is 10.2. The van der Waals surface area contributed by atoms with Gasteiger partial charge in [0.05, 0.1) is 17.9 Å². The Bertz CT molecular complexity index is 618. The smallest absolute Gasteiger partial charge is 0.339 e. The van der Waals surface area contributed by atoms with E-state index >= 15 is 0 Å². The van der Waals surface area contributed by atoms with Gasteiger partial charge in [0.25, 0.3) is 0 Å². The zero-order valence-electron chi connectivity index (χ0n) is 10.3. The van der Waals surface area contributed by atoms with Crippen LogP contribution in [0.2, 0.25) is 0 Å². The summed E-state index contributed by atoms with van der Waals surface area (Å²) in [5, 5.41) is 13.1. The van der Waals surface area contributed by atoms with Crippen LogP contribution in [0.4, 0.5) is 8.78 Å². The normalized spacial score (nSPS) is 11.2. The average molecular weight is 270 g/mol. The molecule has 0 aliphatic rings. The van der Waals surface area contributed by atoms with Gasteiger partial charge in [-0.25, -0.2) is 9.78 Å². The maximum atomic E-state index is 12.7. The predicted octanol–water partition coefficient (Wildman–Crippen LogP) is 1.84. The van der Waals surface area contributed by atoms with Crippen LogP contribution in [0.15, 0.2) is 12.4 Å². The molecule has 0 atom stereocenters. The van der Waals surface area contributed by atoms with E-state index in [0.29, 0.717) is 11.4 Å². The summed E-state index contributed by atoms with van der Waals surface area (Å²) in [6, 6.07) is 0. The van der Waals surface area contributed by atoms with Gasteiger partial charge in [-0.3, -0.25) is 9.25 Å². The highest BCUT2D eigenvalue weighted by molar-refractivity contribution is 5.90. The molecule has 0 unspecified atom stereocenters. The molecule has 0 aliphatic heterocycles. The number of aromatic carboxylic acids is 1. The van der Waals surface area contributed by atoms with Crippen molar-refractivity contribution in [2.75, 3.05) is 0 Å². The van der Waals surface area contributed by atoms with Crippen molar-refractivity contribution in [3.05, 3.63) is 35.2 Å². The Morgan fingerprint density at radius 3 is 2.68 bits per heavy atom. The Balaban J connectivity index is 2.37. The van der Waals surface area contributed by atoms with Crippen LogP contribution in [0.3, 0.4) is 0 Å². The first kappa shape index (κ1) is 13.2. The molecule has 1 N–H and O–H groups in total. The van der Waals surface area contributed by atoms with Crippen molar-refractivity contribution in [3.8, 4) is 0 Å². The summed E-state index contributed by atoms with van der Waals surface area (Å²) in [5.41, 5.74) is 0.851. The van der Waals surface area contributed by atoms with E-state index in [2.05, 4.69) is 10.1 Å². The Morgan fingerprint density at radius 1 is 1.47 bits per heavy atom. The second kappa shape index (κ2) is 4.79. The predicted molar refractivity (Wildman–Crippen MR) is 61.2 cm³/mol. The van der Waals surface area contributed by atoms with Crippen molar-refractivity contribution in [2.24, 2.45) is 0 Å². The summed E-state index contributed by atoms with van der Waals surface area (Å²) in [6.45, 7) is 0.455. The van der Waals surface area contributed by atoms with E-state index in [1.54, 1.807) is 13.8 Å². The van der Waals surface area contributed by atoms with Gasteiger partial charge >= 0.3 is 12.5 Å². The van der Waals surface area contributed by atoms with Crippen molar-refractivity contribution < 1.29 is 18.7 Å². The van der Waals surface area contributed by atoms with E-state index in [1.807, 2.05) is 0 Å². The van der Waals surface area contributed by atoms with Crippen LogP contribution in [-0.2, 0) is 6.54 Å². The average Bonchev–Trinajstić information content (AvgIpc) is 2.85. The fourth-order valence-corrected chi connectivity index (χ4v) is 1.94. The highest BCUT2D eigenvalue weighted by atomic mass is 19.3. The Labute approximate surface area is 107 Å². The van der Waals surface area contributed by atoms with E-state index < -0.39 is 12.5 Å². The Morgan fingerprint density at radius 2 is 2.16 bits per heavy atom. The van der Waals surface area contributed by atoms with Gasteiger partial charge < -0.3 is 5.11 Å². The minimum Gasteiger partial charge on any atom is -0.478 e. The summed E-state index contributed by atoms with van der Waals surface area (Å²) in [7, 11) is 0. The maximum Gasteiger partial charge on any atom is 0.339 e. The zero-order valence-corrected chi connectivity index (χ0v) is 10.3. The van der Waals surface area contributed by atoms with Gasteiger partial charge in [-0.15, -0.1) is 0 Å². The van der Waals surface area contributed by atoms with Gasteiger partial charge in [-0.1, -0.05) is 0 Å². The molecule has 8 heteroatoms. The maximum absolute atomic E-state index is 12.7. The summed E-state index contributed by atoms with van der Waals surface area (Å²) < 4.78 is 27.4. The molecule has 0 bridgehead atoms. The van der Waals surface area contributed by atoms with Crippen LogP contribution in [0.5, 0.6) is 0 Å². The first-order chi connectivity index (χ1) is 8.91. The molecule has 0 amide bonds. The van der Waals surface area contributed by atoms with Gasteiger partial charge in [0.2, 0.25) is 0 Å². The van der Waals surface area contributed by atoms with Crippen molar-refractivity contribution >= 4 is 5.97 Å². The summed E-state index contributed by atoms with van der Waals surface area (Å²) >= 11 is 0. The minimum atomic E-state index is -2.69. The zero-order chi connectivity index (χ0) is 14.2. The number of carboxylic acid groups (broad SMARTS) is 1. The Kier molecular flexibility index (Phi) is 3.32. The highest BCUT2D eigenvalue weighted by Crippen LogP contribution is 2.17. The molecule has 0 radical (unpaired) electrons. The largest absolute Gasteiger partial charge is 0.478 e. The van der Waals surface area contributed by atoms with Crippen LogP contribution in [0.25, 0.3) is 0 Å². The van der Waals surface area contributed by atoms with Gasteiger partial charge in [-0.2, -0.15) is 13.9 Å². The minimum absolute atomic E-state index is 0.00269. The van der Waals surface area contributed by atoms with Crippen LogP contribution in [-0.4, -0.2) is 30.4 Å². The Hall–Kier alpha value is -2.25. The second-order valence-corrected chi connectivity index (χ2v) is 4.04. The third-order valence-corrected chi connectivity index (χ3v) is 2.85. The number of nitrogens with zero attached hydrogens (tertiary/aromatic N) is 4. The first-order valence-corrected chi connectivity index (χ1v) is 5.49. The van der Waals surface area contributed by atoms with E-state index in [1.165, 1.54) is 17.1 Å². The molecular formula is C11H12F2N4O2. The molecule has 2 heterocycles. The second-order valence-electron chi connectivity index (χ2n) is 4.04. The summed E-state index contributed by atoms with van der Waals surface area (Å²) in [4.78, 5) is 14.9. The molecule has 0 spiro atoms. The number of imidazole rings is 1. The number of hydrogen-bond donors (Lipinski definition) is 1. The van der Waals surface area contributed by atoms with Gasteiger partial charge in [0.15, 0.2) is 0 Å².